The summed E-state index contributed by atoms with van der Waals surface area (Å²) in [5.74, 6) is -0.0714. The van der Waals surface area contributed by atoms with Crippen LogP contribution in [0.5, 0.6) is 0 Å². The summed E-state index contributed by atoms with van der Waals surface area (Å²) in [7, 11) is 1.66. The van der Waals surface area contributed by atoms with E-state index in [-0.39, 0.29) is 11.9 Å². The Morgan fingerprint density at radius 2 is 1.83 bits per heavy atom. The van der Waals surface area contributed by atoms with Gasteiger partial charge >= 0.3 is 0 Å². The van der Waals surface area contributed by atoms with Crippen LogP contribution in [0.15, 0.2) is 48.5 Å². The Kier molecular flexibility index (Phi) is 6.53. The van der Waals surface area contributed by atoms with Gasteiger partial charge in [-0.05, 0) is 43.5 Å². The Bertz CT molecular complexity index is 671. The van der Waals surface area contributed by atoms with Crippen molar-refractivity contribution in [2.24, 2.45) is 0 Å². The highest BCUT2D eigenvalue weighted by atomic mass is 16.5. The zero-order valence-electron chi connectivity index (χ0n) is 14.8. The molecule has 4 nitrogen and oxygen atoms in total. The minimum absolute atomic E-state index is 0.0598. The molecule has 2 aromatic carbocycles. The van der Waals surface area contributed by atoms with Gasteiger partial charge in [-0.1, -0.05) is 42.5 Å². The number of amides is 1. The number of carbonyl (C=O) groups is 1. The molecule has 0 aromatic heterocycles. The number of nitrogens with one attached hydrogen (secondary N) is 2. The van der Waals surface area contributed by atoms with Crippen LogP contribution in [0.3, 0.4) is 0 Å². The van der Waals surface area contributed by atoms with Crippen molar-refractivity contribution in [2.45, 2.75) is 32.9 Å². The smallest absolute Gasteiger partial charge is 0.246 e. The second-order valence-electron chi connectivity index (χ2n) is 6.17. The number of methoxy groups -OCH3 is 1. The maximum Gasteiger partial charge on any atom is 0.246 e. The van der Waals surface area contributed by atoms with E-state index in [2.05, 4.69) is 10.6 Å². The standard InChI is InChI=1S/C20H26N2O2/c1-14-10-11-15(2)18(12-14)22-20(23)19(21-16(3)13-24-4)17-8-6-5-7-9-17/h5-12,16,19,21H,13H2,1-4H3,(H,22,23)/t16-,19+/m0/s1. The third-order valence-corrected chi connectivity index (χ3v) is 3.91. The fraction of sp³-hybridized carbons (Fsp3) is 0.350. The average molecular weight is 326 g/mol. The third kappa shape index (κ3) is 4.91. The van der Waals surface area contributed by atoms with Gasteiger partial charge in [-0.3, -0.25) is 10.1 Å². The second kappa shape index (κ2) is 8.62. The lowest BCUT2D eigenvalue weighted by Crippen LogP contribution is -2.40. The molecular formula is C20H26N2O2. The summed E-state index contributed by atoms with van der Waals surface area (Å²) in [4.78, 5) is 12.9. The first-order valence-electron chi connectivity index (χ1n) is 8.19. The van der Waals surface area contributed by atoms with Crippen molar-refractivity contribution in [3.8, 4) is 0 Å². The summed E-state index contributed by atoms with van der Waals surface area (Å²) in [6.07, 6.45) is 0. The summed E-state index contributed by atoms with van der Waals surface area (Å²) in [5.41, 5.74) is 3.95. The van der Waals surface area contributed by atoms with Crippen molar-refractivity contribution in [3.63, 3.8) is 0 Å². The van der Waals surface area contributed by atoms with Crippen molar-refractivity contribution < 1.29 is 9.53 Å². The molecule has 0 bridgehead atoms. The molecule has 0 unspecified atom stereocenters. The fourth-order valence-electron chi connectivity index (χ4n) is 2.63. The molecule has 0 heterocycles. The van der Waals surface area contributed by atoms with Crippen LogP contribution in [0, 0.1) is 13.8 Å². The Labute approximate surface area is 144 Å². The van der Waals surface area contributed by atoms with Crippen molar-refractivity contribution >= 4 is 11.6 Å². The Balaban J connectivity index is 2.22. The average Bonchev–Trinajstić information content (AvgIpc) is 2.57. The summed E-state index contributed by atoms with van der Waals surface area (Å²) in [6.45, 7) is 6.56. The number of ether oxygens (including phenoxy) is 1. The van der Waals surface area contributed by atoms with Crippen LogP contribution in [0.4, 0.5) is 5.69 Å². The number of benzene rings is 2. The largest absolute Gasteiger partial charge is 0.383 e. The van der Waals surface area contributed by atoms with Crippen LogP contribution >= 0.6 is 0 Å². The SMILES string of the molecule is COC[C@H](C)N[C@@H](C(=O)Nc1cc(C)ccc1C)c1ccccc1. The zero-order valence-corrected chi connectivity index (χ0v) is 14.8. The van der Waals surface area contributed by atoms with E-state index >= 15 is 0 Å². The van der Waals surface area contributed by atoms with Crippen LogP contribution in [-0.2, 0) is 9.53 Å². The lowest BCUT2D eigenvalue weighted by atomic mass is 10.0. The number of hydrogen-bond donors (Lipinski definition) is 2. The summed E-state index contributed by atoms with van der Waals surface area (Å²) in [6, 6.07) is 15.4. The summed E-state index contributed by atoms with van der Waals surface area (Å²) < 4.78 is 5.18. The molecule has 2 aromatic rings. The molecule has 0 aliphatic rings. The molecule has 128 valence electrons. The number of hydrogen-bond acceptors (Lipinski definition) is 3. The lowest BCUT2D eigenvalue weighted by molar-refractivity contribution is -0.118. The highest BCUT2D eigenvalue weighted by molar-refractivity contribution is 5.96. The predicted molar refractivity (Wildman–Crippen MR) is 98.2 cm³/mol. The molecule has 2 N–H and O–H groups in total. The number of carbonyl (C=O) groups excluding carboxylic acids is 1. The van der Waals surface area contributed by atoms with Gasteiger partial charge in [0.05, 0.1) is 6.61 Å². The monoisotopic (exact) mass is 326 g/mol. The maximum atomic E-state index is 12.9. The third-order valence-electron chi connectivity index (χ3n) is 3.91. The molecule has 0 saturated carbocycles. The van der Waals surface area contributed by atoms with Crippen molar-refractivity contribution in [3.05, 3.63) is 65.2 Å². The van der Waals surface area contributed by atoms with Gasteiger partial charge in [-0.2, -0.15) is 0 Å². The Morgan fingerprint density at radius 1 is 1.12 bits per heavy atom. The van der Waals surface area contributed by atoms with E-state index in [9.17, 15) is 4.79 Å². The first kappa shape index (κ1) is 18.2. The summed E-state index contributed by atoms with van der Waals surface area (Å²) in [5, 5.41) is 6.41. The zero-order chi connectivity index (χ0) is 17.5. The van der Waals surface area contributed by atoms with Gasteiger partial charge in [0.2, 0.25) is 5.91 Å². The Morgan fingerprint density at radius 3 is 2.50 bits per heavy atom. The molecule has 24 heavy (non-hydrogen) atoms. The van der Waals surface area contributed by atoms with Gasteiger partial charge < -0.3 is 10.1 Å². The van der Waals surface area contributed by atoms with Crippen LogP contribution in [0.1, 0.15) is 29.7 Å². The van der Waals surface area contributed by atoms with E-state index in [1.165, 1.54) is 0 Å². The molecule has 0 fully saturated rings. The molecule has 0 spiro atoms. The van der Waals surface area contributed by atoms with E-state index in [0.29, 0.717) is 6.61 Å². The molecule has 0 radical (unpaired) electrons. The molecule has 0 saturated heterocycles. The van der Waals surface area contributed by atoms with Gasteiger partial charge in [0.1, 0.15) is 6.04 Å². The topological polar surface area (TPSA) is 50.4 Å². The van der Waals surface area contributed by atoms with Crippen molar-refractivity contribution in [2.75, 3.05) is 19.0 Å². The van der Waals surface area contributed by atoms with E-state index < -0.39 is 6.04 Å². The second-order valence-corrected chi connectivity index (χ2v) is 6.17. The predicted octanol–water partition coefficient (Wildman–Crippen LogP) is 3.61. The van der Waals surface area contributed by atoms with E-state index in [0.717, 1.165) is 22.4 Å². The molecule has 4 heteroatoms. The maximum absolute atomic E-state index is 12.9. The highest BCUT2D eigenvalue weighted by Crippen LogP contribution is 2.20. The van der Waals surface area contributed by atoms with Crippen LogP contribution < -0.4 is 10.6 Å². The molecule has 1 amide bonds. The van der Waals surface area contributed by atoms with Gasteiger partial charge in [0.15, 0.2) is 0 Å². The molecule has 2 atom stereocenters. The highest BCUT2D eigenvalue weighted by Gasteiger charge is 2.22. The molecule has 2 rings (SSSR count). The normalized spacial score (nSPS) is 13.3. The number of aryl methyl sites for hydroxylation is 2. The molecule has 0 aliphatic heterocycles. The van der Waals surface area contributed by atoms with Gasteiger partial charge in [0, 0.05) is 18.8 Å². The van der Waals surface area contributed by atoms with E-state index in [1.807, 2.05) is 69.3 Å². The van der Waals surface area contributed by atoms with E-state index in [4.69, 9.17) is 4.74 Å². The molecule has 0 aliphatic carbocycles. The van der Waals surface area contributed by atoms with Gasteiger partial charge in [0.25, 0.3) is 0 Å². The van der Waals surface area contributed by atoms with Crippen LogP contribution in [0.25, 0.3) is 0 Å². The lowest BCUT2D eigenvalue weighted by Gasteiger charge is -2.23. The molecular weight excluding hydrogens is 300 g/mol. The fourth-order valence-corrected chi connectivity index (χ4v) is 2.63. The van der Waals surface area contributed by atoms with Crippen LogP contribution in [0.2, 0.25) is 0 Å². The van der Waals surface area contributed by atoms with Crippen molar-refractivity contribution in [1.29, 1.82) is 0 Å². The quantitative estimate of drug-likeness (QED) is 0.817. The van der Waals surface area contributed by atoms with E-state index in [1.54, 1.807) is 7.11 Å². The van der Waals surface area contributed by atoms with Gasteiger partial charge in [-0.15, -0.1) is 0 Å². The first-order valence-corrected chi connectivity index (χ1v) is 8.19. The minimum Gasteiger partial charge on any atom is -0.383 e. The van der Waals surface area contributed by atoms with Gasteiger partial charge in [-0.25, -0.2) is 0 Å². The minimum atomic E-state index is -0.434. The first-order chi connectivity index (χ1) is 11.5. The van der Waals surface area contributed by atoms with Crippen LogP contribution in [-0.4, -0.2) is 25.7 Å². The number of anilines is 1. The Hall–Kier alpha value is -2.17. The van der Waals surface area contributed by atoms with Crippen molar-refractivity contribution in [1.82, 2.24) is 5.32 Å². The number of rotatable bonds is 7. The summed E-state index contributed by atoms with van der Waals surface area (Å²) >= 11 is 0.